The quantitative estimate of drug-likeness (QED) is 0.465. The lowest BCUT2D eigenvalue weighted by Gasteiger charge is -2.31. The van der Waals surface area contributed by atoms with Gasteiger partial charge in [-0.15, -0.1) is 5.10 Å². The van der Waals surface area contributed by atoms with E-state index in [1.807, 2.05) is 0 Å². The second kappa shape index (κ2) is 11.3. The maximum absolute atomic E-state index is 13.9. The first-order valence-electron chi connectivity index (χ1n) is 12.9. The van der Waals surface area contributed by atoms with E-state index in [1.54, 1.807) is 34.6 Å². The summed E-state index contributed by atoms with van der Waals surface area (Å²) in [6.45, 7) is 8.30. The zero-order valence-electron chi connectivity index (χ0n) is 22.6. The molecular weight excluding hydrogens is 482 g/mol. The number of hydrogen-bond acceptors (Lipinski definition) is 8. The van der Waals surface area contributed by atoms with Gasteiger partial charge in [0.1, 0.15) is 29.4 Å². The number of aliphatic carboxylic acids is 1. The smallest absolute Gasteiger partial charge is 0.408 e. The summed E-state index contributed by atoms with van der Waals surface area (Å²) in [5, 5.41) is 31.4. The number of aromatic nitrogens is 3. The monoisotopic (exact) mass is 523 g/mol. The highest BCUT2D eigenvalue weighted by molar-refractivity contribution is 5.90. The van der Waals surface area contributed by atoms with Crippen LogP contribution in [-0.4, -0.2) is 85.5 Å². The lowest BCUT2D eigenvalue weighted by molar-refractivity contribution is -0.152. The number of alkyl carbamates (subject to hydrolysis) is 1. The highest BCUT2D eigenvalue weighted by Gasteiger charge is 2.52. The molecule has 1 aromatic rings. The van der Waals surface area contributed by atoms with Crippen LogP contribution in [0.4, 0.5) is 4.79 Å². The van der Waals surface area contributed by atoms with Crippen LogP contribution in [0.3, 0.4) is 0 Å². The van der Waals surface area contributed by atoms with Gasteiger partial charge in [-0.05, 0) is 47.0 Å². The van der Waals surface area contributed by atoms with Crippen molar-refractivity contribution in [1.82, 2.24) is 25.2 Å². The van der Waals surface area contributed by atoms with Crippen LogP contribution in [0.2, 0.25) is 0 Å². The van der Waals surface area contributed by atoms with Gasteiger partial charge in [-0.1, -0.05) is 37.3 Å². The number of carboxylic acids is 1. The van der Waals surface area contributed by atoms with E-state index < -0.39 is 53.4 Å². The van der Waals surface area contributed by atoms with Crippen molar-refractivity contribution in [3.8, 4) is 0 Å². The number of carboxylic acid groups (broad SMARTS) is 1. The lowest BCUT2D eigenvalue weighted by atomic mass is 9.84. The number of nitrogens with one attached hydrogen (secondary N) is 1. The predicted octanol–water partition coefficient (Wildman–Crippen LogP) is 2.22. The maximum Gasteiger partial charge on any atom is 0.408 e. The van der Waals surface area contributed by atoms with Crippen LogP contribution in [0, 0.1) is 5.92 Å². The van der Waals surface area contributed by atoms with Crippen molar-refractivity contribution in [2.45, 2.75) is 109 Å². The molecule has 1 aliphatic heterocycles. The molecule has 0 bridgehead atoms. The molecule has 3 rings (SSSR count). The summed E-state index contributed by atoms with van der Waals surface area (Å²) in [6.07, 6.45) is 5.25. The van der Waals surface area contributed by atoms with E-state index >= 15 is 0 Å². The summed E-state index contributed by atoms with van der Waals surface area (Å²) in [5.41, 5.74) is -1.70. The number of aliphatic hydroxyl groups is 1. The molecule has 12 nitrogen and oxygen atoms in total. The van der Waals surface area contributed by atoms with E-state index in [0.29, 0.717) is 12.1 Å². The van der Waals surface area contributed by atoms with Gasteiger partial charge in [0.25, 0.3) is 0 Å². The lowest BCUT2D eigenvalue weighted by Crippen LogP contribution is -2.54. The van der Waals surface area contributed by atoms with E-state index in [4.69, 9.17) is 9.47 Å². The van der Waals surface area contributed by atoms with Crippen LogP contribution in [0.1, 0.15) is 84.9 Å². The van der Waals surface area contributed by atoms with E-state index in [9.17, 15) is 24.6 Å². The molecule has 37 heavy (non-hydrogen) atoms. The van der Waals surface area contributed by atoms with Crippen LogP contribution < -0.4 is 5.32 Å². The second-order valence-electron chi connectivity index (χ2n) is 11.6. The van der Waals surface area contributed by atoms with Crippen LogP contribution in [0.25, 0.3) is 0 Å². The molecule has 1 aliphatic carbocycles. The first-order valence-corrected chi connectivity index (χ1v) is 12.9. The Labute approximate surface area is 217 Å². The van der Waals surface area contributed by atoms with Gasteiger partial charge in [0.15, 0.2) is 6.04 Å². The summed E-state index contributed by atoms with van der Waals surface area (Å²) in [5.74, 6) is -1.52. The number of methoxy groups -OCH3 is 1. The predicted molar refractivity (Wildman–Crippen MR) is 133 cm³/mol. The van der Waals surface area contributed by atoms with Crippen molar-refractivity contribution < 1.29 is 34.1 Å². The van der Waals surface area contributed by atoms with Crippen molar-refractivity contribution in [1.29, 1.82) is 0 Å². The fourth-order valence-electron chi connectivity index (χ4n) is 5.36. The Morgan fingerprint density at radius 3 is 2.35 bits per heavy atom. The molecule has 2 fully saturated rings. The molecule has 2 aliphatic rings. The van der Waals surface area contributed by atoms with Gasteiger partial charge in [0.05, 0.1) is 11.9 Å². The molecule has 0 aromatic carbocycles. The van der Waals surface area contributed by atoms with Gasteiger partial charge in [0, 0.05) is 13.7 Å². The molecule has 0 spiro atoms. The summed E-state index contributed by atoms with van der Waals surface area (Å²) >= 11 is 0. The summed E-state index contributed by atoms with van der Waals surface area (Å²) in [6, 6.07) is -2.99. The van der Waals surface area contributed by atoms with E-state index in [-0.39, 0.29) is 12.5 Å². The minimum Gasteiger partial charge on any atom is -0.480 e. The number of carbonyl (C=O) groups is 3. The molecule has 2 amide bonds. The number of likely N-dealkylation sites (tertiary alicyclic amines) is 1. The number of ether oxygens (including phenoxy) is 2. The Bertz CT molecular complexity index is 961. The normalized spacial score (nSPS) is 24.1. The first kappa shape index (κ1) is 28.8. The molecule has 1 saturated heterocycles. The van der Waals surface area contributed by atoms with Crippen LogP contribution >= 0.6 is 0 Å². The average Bonchev–Trinajstić information content (AvgIpc) is 3.42. The number of nitrogens with zero attached hydrogens (tertiary/aromatic N) is 4. The fourth-order valence-corrected chi connectivity index (χ4v) is 5.36. The van der Waals surface area contributed by atoms with Crippen LogP contribution in [0.15, 0.2) is 6.20 Å². The molecule has 1 aromatic heterocycles. The van der Waals surface area contributed by atoms with Gasteiger partial charge in [0.2, 0.25) is 5.91 Å². The summed E-state index contributed by atoms with van der Waals surface area (Å²) < 4.78 is 12.4. The highest BCUT2D eigenvalue weighted by Crippen LogP contribution is 2.35. The Morgan fingerprint density at radius 1 is 1.16 bits per heavy atom. The van der Waals surface area contributed by atoms with Crippen molar-refractivity contribution in [2.75, 3.05) is 13.7 Å². The Kier molecular flexibility index (Phi) is 8.84. The van der Waals surface area contributed by atoms with Crippen molar-refractivity contribution >= 4 is 18.0 Å². The molecule has 1 saturated carbocycles. The molecule has 0 radical (unpaired) electrons. The standard InChI is InChI=1S/C25H41N5O7/c1-24(2,3)37-23(34)27-16(12-15-10-8-7-9-11-15)21(31)29-14-17(20(36-6)19(29)22(32)33)30-18(13-26-28-30)25(4,5)35/h13,15-17,19-20,35H,7-12,14H2,1-6H3,(H,27,34)(H,32,33)/t16-,17-,19+,20+/m1/s1. The fraction of sp³-hybridized carbons (Fsp3) is 0.800. The molecule has 4 atom stereocenters. The number of amides is 2. The van der Waals surface area contributed by atoms with E-state index in [1.165, 1.54) is 22.9 Å². The molecule has 2 heterocycles. The first-order chi connectivity index (χ1) is 17.2. The van der Waals surface area contributed by atoms with Crippen LogP contribution in [-0.2, 0) is 24.7 Å². The minimum absolute atomic E-state index is 0.0437. The van der Waals surface area contributed by atoms with E-state index in [0.717, 1.165) is 32.1 Å². The second-order valence-corrected chi connectivity index (χ2v) is 11.6. The zero-order valence-corrected chi connectivity index (χ0v) is 22.6. The molecule has 3 N–H and O–H groups in total. The zero-order chi connectivity index (χ0) is 27.5. The van der Waals surface area contributed by atoms with Gasteiger partial charge in [-0.25, -0.2) is 14.3 Å². The van der Waals surface area contributed by atoms with Gasteiger partial charge in [-0.2, -0.15) is 0 Å². The number of rotatable bonds is 8. The average molecular weight is 524 g/mol. The molecular formula is C25H41N5O7. The topological polar surface area (TPSA) is 156 Å². The summed E-state index contributed by atoms with van der Waals surface area (Å²) in [7, 11) is 1.38. The summed E-state index contributed by atoms with van der Waals surface area (Å²) in [4.78, 5) is 40.3. The Hall–Kier alpha value is -2.73. The minimum atomic E-state index is -1.32. The number of carbonyl (C=O) groups excluding carboxylic acids is 2. The van der Waals surface area contributed by atoms with Gasteiger partial charge in [-0.3, -0.25) is 4.79 Å². The molecule has 208 valence electrons. The Balaban J connectivity index is 1.93. The van der Waals surface area contributed by atoms with Crippen LogP contribution in [0.5, 0.6) is 0 Å². The largest absolute Gasteiger partial charge is 0.480 e. The molecule has 12 heteroatoms. The third-order valence-corrected chi connectivity index (χ3v) is 7.02. The van der Waals surface area contributed by atoms with E-state index in [2.05, 4.69) is 15.6 Å². The SMILES string of the molecule is CO[C@@H]1[C@@H](C(=O)O)N(C(=O)[C@@H](CC2CCCCC2)NC(=O)OC(C)(C)C)C[C@H]1n1nncc1C(C)(C)O. The van der Waals surface area contributed by atoms with Crippen molar-refractivity contribution in [3.63, 3.8) is 0 Å². The highest BCUT2D eigenvalue weighted by atomic mass is 16.6. The van der Waals surface area contributed by atoms with Gasteiger partial charge < -0.3 is 29.9 Å². The molecule has 0 unspecified atom stereocenters. The third-order valence-electron chi connectivity index (χ3n) is 7.02. The van der Waals surface area contributed by atoms with Crippen molar-refractivity contribution in [3.05, 3.63) is 11.9 Å². The Morgan fingerprint density at radius 2 is 1.81 bits per heavy atom. The van der Waals surface area contributed by atoms with Gasteiger partial charge >= 0.3 is 12.1 Å². The maximum atomic E-state index is 13.9. The third kappa shape index (κ3) is 6.98. The van der Waals surface area contributed by atoms with Crippen molar-refractivity contribution in [2.24, 2.45) is 5.92 Å². The number of hydrogen-bond donors (Lipinski definition) is 3.